The summed E-state index contributed by atoms with van der Waals surface area (Å²) in [5.41, 5.74) is 4.52. The largest absolute Gasteiger partial charge is 0.465 e. The molecule has 1 atom stereocenters. The first-order valence-corrected chi connectivity index (χ1v) is 12.7. The van der Waals surface area contributed by atoms with Gasteiger partial charge < -0.3 is 25.8 Å². The van der Waals surface area contributed by atoms with Crippen LogP contribution in [0.15, 0.2) is 48.5 Å². The lowest BCUT2D eigenvalue weighted by molar-refractivity contribution is -0.123. The van der Waals surface area contributed by atoms with Crippen molar-refractivity contribution >= 4 is 18.1 Å². The first-order chi connectivity index (χ1) is 17.2. The topological polar surface area (TPSA) is 117 Å². The molecule has 1 saturated carbocycles. The average molecular weight is 494 g/mol. The maximum atomic E-state index is 12.4. The van der Waals surface area contributed by atoms with Crippen LogP contribution in [-0.2, 0) is 9.53 Å². The van der Waals surface area contributed by atoms with Gasteiger partial charge in [0.25, 0.3) is 0 Å². The van der Waals surface area contributed by atoms with E-state index in [4.69, 9.17) is 9.84 Å². The Morgan fingerprint density at radius 2 is 1.64 bits per heavy atom. The molecule has 2 aliphatic rings. The summed E-state index contributed by atoms with van der Waals surface area (Å²) in [6, 6.07) is 16.3. The molecule has 3 amide bonds. The van der Waals surface area contributed by atoms with Crippen LogP contribution in [0.2, 0.25) is 0 Å². The van der Waals surface area contributed by atoms with E-state index in [1.54, 1.807) is 0 Å². The molecule has 0 heterocycles. The van der Waals surface area contributed by atoms with Gasteiger partial charge in [0, 0.05) is 18.5 Å². The Kier molecular flexibility index (Phi) is 7.82. The number of benzene rings is 2. The normalized spacial score (nSPS) is 15.4. The summed E-state index contributed by atoms with van der Waals surface area (Å²) in [6.07, 6.45) is 2.36. The third kappa shape index (κ3) is 6.56. The number of hydrogen-bond donors (Lipinski definition) is 4. The molecule has 0 bridgehead atoms. The molecule has 8 heteroatoms. The standard InChI is InChI=1S/C28H35N3O5/c1-28(2,16-15-23-21-10-5-3-8-19(21)20-9-4-6-11-22(20)23)36-27(35)29-17-7-12-24(31-26(33)34)25(32)30-18-13-14-18/h3-6,8-11,18,23-24,31H,7,12-17H2,1-2H3,(H,29,35)(H,30,32)(H,33,34)/t24-/m0/s1. The van der Waals surface area contributed by atoms with Crippen molar-refractivity contribution in [2.75, 3.05) is 6.54 Å². The van der Waals surface area contributed by atoms with Crippen LogP contribution in [0.4, 0.5) is 9.59 Å². The van der Waals surface area contributed by atoms with Crippen LogP contribution in [0, 0.1) is 0 Å². The first-order valence-electron chi connectivity index (χ1n) is 12.7. The fourth-order valence-corrected chi connectivity index (χ4v) is 4.84. The van der Waals surface area contributed by atoms with E-state index in [1.165, 1.54) is 22.3 Å². The maximum absolute atomic E-state index is 12.4. The number of rotatable bonds is 11. The van der Waals surface area contributed by atoms with E-state index in [-0.39, 0.29) is 30.8 Å². The van der Waals surface area contributed by atoms with E-state index in [0.29, 0.717) is 12.8 Å². The fourth-order valence-electron chi connectivity index (χ4n) is 4.84. The van der Waals surface area contributed by atoms with Crippen LogP contribution < -0.4 is 16.0 Å². The zero-order valence-electron chi connectivity index (χ0n) is 20.9. The van der Waals surface area contributed by atoms with Gasteiger partial charge >= 0.3 is 12.2 Å². The highest BCUT2D eigenvalue weighted by atomic mass is 16.6. The van der Waals surface area contributed by atoms with Gasteiger partial charge in [-0.3, -0.25) is 4.79 Å². The van der Waals surface area contributed by atoms with Crippen molar-refractivity contribution in [3.05, 3.63) is 59.7 Å². The molecule has 1 fully saturated rings. The number of ether oxygens (including phenoxy) is 1. The Morgan fingerprint density at radius 1 is 1.03 bits per heavy atom. The van der Waals surface area contributed by atoms with Gasteiger partial charge in [-0.25, -0.2) is 9.59 Å². The SMILES string of the molecule is CC(C)(CCC1c2ccccc2-c2ccccc21)OC(=O)NCCC[C@H](NC(=O)O)C(=O)NC1CC1. The summed E-state index contributed by atoms with van der Waals surface area (Å²) in [6.45, 7) is 4.11. The van der Waals surface area contributed by atoms with Gasteiger partial charge in [-0.1, -0.05) is 48.5 Å². The number of carbonyl (C=O) groups excluding carboxylic acids is 2. The molecule has 192 valence electrons. The highest BCUT2D eigenvalue weighted by molar-refractivity contribution is 5.85. The van der Waals surface area contributed by atoms with Gasteiger partial charge in [-0.05, 0) is 74.6 Å². The molecule has 0 aliphatic heterocycles. The number of amides is 3. The van der Waals surface area contributed by atoms with E-state index >= 15 is 0 Å². The second-order valence-corrected chi connectivity index (χ2v) is 10.3. The quantitative estimate of drug-likeness (QED) is 0.336. The van der Waals surface area contributed by atoms with Crippen molar-refractivity contribution in [3.8, 4) is 11.1 Å². The molecule has 4 rings (SSSR count). The van der Waals surface area contributed by atoms with Crippen LogP contribution in [0.1, 0.15) is 69.4 Å². The van der Waals surface area contributed by atoms with Crippen LogP contribution in [0.25, 0.3) is 11.1 Å². The van der Waals surface area contributed by atoms with Crippen LogP contribution in [-0.4, -0.2) is 47.4 Å². The number of carboxylic acid groups (broad SMARTS) is 1. The Morgan fingerprint density at radius 3 is 2.22 bits per heavy atom. The zero-order chi connectivity index (χ0) is 25.7. The van der Waals surface area contributed by atoms with Crippen molar-refractivity contribution in [2.24, 2.45) is 0 Å². The molecule has 0 unspecified atom stereocenters. The third-order valence-electron chi connectivity index (χ3n) is 6.84. The third-order valence-corrected chi connectivity index (χ3v) is 6.84. The Labute approximate surface area is 211 Å². The predicted octanol–water partition coefficient (Wildman–Crippen LogP) is 4.78. The summed E-state index contributed by atoms with van der Waals surface area (Å²) in [4.78, 5) is 35.7. The molecule has 2 aliphatic carbocycles. The van der Waals surface area contributed by atoms with Gasteiger partial charge in [0.1, 0.15) is 11.6 Å². The number of alkyl carbamates (subject to hydrolysis) is 1. The van der Waals surface area contributed by atoms with Gasteiger partial charge in [0.05, 0.1) is 0 Å². The highest BCUT2D eigenvalue weighted by Crippen LogP contribution is 2.47. The number of hydrogen-bond acceptors (Lipinski definition) is 4. The summed E-state index contributed by atoms with van der Waals surface area (Å²) in [7, 11) is 0. The first kappa shape index (κ1) is 25.5. The smallest absolute Gasteiger partial charge is 0.407 e. The molecular weight excluding hydrogens is 458 g/mol. The lowest BCUT2D eigenvalue weighted by Gasteiger charge is -2.27. The number of carbonyl (C=O) groups is 3. The van der Waals surface area contributed by atoms with E-state index in [2.05, 4.69) is 64.5 Å². The monoisotopic (exact) mass is 493 g/mol. The average Bonchev–Trinajstić information content (AvgIpc) is 3.59. The lowest BCUT2D eigenvalue weighted by Crippen LogP contribution is -2.47. The summed E-state index contributed by atoms with van der Waals surface area (Å²) in [5.74, 6) is -0.0533. The summed E-state index contributed by atoms with van der Waals surface area (Å²) >= 11 is 0. The molecule has 0 radical (unpaired) electrons. The Hall–Kier alpha value is -3.55. The molecule has 0 spiro atoms. The minimum absolute atomic E-state index is 0.150. The second-order valence-electron chi connectivity index (χ2n) is 10.3. The molecule has 8 nitrogen and oxygen atoms in total. The van der Waals surface area contributed by atoms with Crippen molar-refractivity contribution in [1.29, 1.82) is 0 Å². The van der Waals surface area contributed by atoms with Crippen molar-refractivity contribution in [1.82, 2.24) is 16.0 Å². The lowest BCUT2D eigenvalue weighted by atomic mass is 9.88. The molecular formula is C28H35N3O5. The Bertz CT molecular complexity index is 1070. The summed E-state index contributed by atoms with van der Waals surface area (Å²) < 4.78 is 5.71. The molecule has 4 N–H and O–H groups in total. The second kappa shape index (κ2) is 11.0. The molecule has 0 aromatic heterocycles. The van der Waals surface area contributed by atoms with E-state index in [1.807, 2.05) is 13.8 Å². The molecule has 2 aromatic carbocycles. The maximum Gasteiger partial charge on any atom is 0.407 e. The summed E-state index contributed by atoms with van der Waals surface area (Å²) in [5, 5.41) is 16.8. The van der Waals surface area contributed by atoms with Crippen molar-refractivity contribution in [3.63, 3.8) is 0 Å². The van der Waals surface area contributed by atoms with Gasteiger partial charge in [-0.2, -0.15) is 0 Å². The van der Waals surface area contributed by atoms with E-state index < -0.39 is 23.8 Å². The van der Waals surface area contributed by atoms with Gasteiger partial charge in [0.2, 0.25) is 5.91 Å². The molecule has 0 saturated heterocycles. The van der Waals surface area contributed by atoms with E-state index in [9.17, 15) is 14.4 Å². The minimum atomic E-state index is -1.24. The number of fused-ring (bicyclic) bond motifs is 3. The molecule has 36 heavy (non-hydrogen) atoms. The minimum Gasteiger partial charge on any atom is -0.465 e. The zero-order valence-corrected chi connectivity index (χ0v) is 20.9. The van der Waals surface area contributed by atoms with Gasteiger partial charge in [-0.15, -0.1) is 0 Å². The van der Waals surface area contributed by atoms with Crippen LogP contribution >= 0.6 is 0 Å². The van der Waals surface area contributed by atoms with Crippen LogP contribution in [0.3, 0.4) is 0 Å². The van der Waals surface area contributed by atoms with Gasteiger partial charge in [0.15, 0.2) is 0 Å². The van der Waals surface area contributed by atoms with Crippen molar-refractivity contribution < 1.29 is 24.2 Å². The highest BCUT2D eigenvalue weighted by Gasteiger charge is 2.31. The fraction of sp³-hybridized carbons (Fsp3) is 0.464. The van der Waals surface area contributed by atoms with Crippen molar-refractivity contribution in [2.45, 2.75) is 76.0 Å². The molecule has 2 aromatic rings. The Balaban J connectivity index is 1.23. The number of nitrogens with one attached hydrogen (secondary N) is 3. The van der Waals surface area contributed by atoms with Crippen LogP contribution in [0.5, 0.6) is 0 Å². The predicted molar refractivity (Wildman–Crippen MR) is 137 cm³/mol. The van der Waals surface area contributed by atoms with E-state index in [0.717, 1.165) is 19.3 Å².